The van der Waals surface area contributed by atoms with E-state index in [2.05, 4.69) is 21.3 Å². The maximum absolute atomic E-state index is 11.9. The molecule has 0 radical (unpaired) electrons. The van der Waals surface area contributed by atoms with Gasteiger partial charge in [0.2, 0.25) is 23.6 Å². The molecule has 0 heterocycles. The van der Waals surface area contributed by atoms with Crippen LogP contribution in [-0.4, -0.2) is 36.0 Å². The first kappa shape index (κ1) is 19.9. The van der Waals surface area contributed by atoms with Crippen molar-refractivity contribution in [2.45, 2.75) is 53.9 Å². The Morgan fingerprint density at radius 3 is 1.05 bits per heavy atom. The maximum atomic E-state index is 11.9. The highest BCUT2D eigenvalue weighted by molar-refractivity contribution is 5.82. The lowest BCUT2D eigenvalue weighted by Gasteiger charge is -2.30. The Labute approximate surface area is 130 Å². The first-order valence-electron chi connectivity index (χ1n) is 7.19. The van der Waals surface area contributed by atoms with Crippen molar-refractivity contribution in [1.82, 2.24) is 21.3 Å². The highest BCUT2D eigenvalue weighted by Gasteiger charge is 2.27. The zero-order valence-electron chi connectivity index (χ0n) is 13.9. The molecule has 0 saturated carbocycles. The van der Waals surface area contributed by atoms with Crippen molar-refractivity contribution < 1.29 is 19.2 Å². The first-order chi connectivity index (χ1) is 10.0. The van der Waals surface area contributed by atoms with Crippen LogP contribution in [0.1, 0.15) is 41.5 Å². The molecular weight excluding hydrogens is 288 g/mol. The van der Waals surface area contributed by atoms with E-state index in [1.165, 1.54) is 13.8 Å². The molecule has 8 nitrogen and oxygen atoms in total. The third-order valence-corrected chi connectivity index (χ3v) is 2.70. The predicted octanol–water partition coefficient (Wildman–Crippen LogP) is -0.545. The SMILES string of the molecule is CC(=O)NC(NC(=O)C(C)C)C(NC(C)=O)NC(=O)C(C)C. The zero-order valence-corrected chi connectivity index (χ0v) is 13.9. The molecule has 0 aliphatic rings. The molecule has 0 rings (SSSR count). The molecule has 0 aliphatic heterocycles. The summed E-state index contributed by atoms with van der Waals surface area (Å²) in [5, 5.41) is 10.2. The van der Waals surface area contributed by atoms with E-state index in [1.54, 1.807) is 27.7 Å². The summed E-state index contributed by atoms with van der Waals surface area (Å²) in [5.74, 6) is -2.04. The molecule has 22 heavy (non-hydrogen) atoms. The average Bonchev–Trinajstić information content (AvgIpc) is 2.35. The standard InChI is InChI=1S/C14H26N4O4/c1-7(2)13(21)17-11(15-9(5)19)12(16-10(6)20)18-14(22)8(3)4/h7-8,11-12H,1-6H3,(H,15,19)(H,16,20)(H,17,21)(H,18,22). The van der Waals surface area contributed by atoms with Gasteiger partial charge in [-0.05, 0) is 0 Å². The number of rotatable bonds is 7. The summed E-state index contributed by atoms with van der Waals surface area (Å²) in [6.45, 7) is 9.34. The summed E-state index contributed by atoms with van der Waals surface area (Å²) in [4.78, 5) is 46.4. The molecule has 0 aromatic rings. The van der Waals surface area contributed by atoms with E-state index in [1.807, 2.05) is 0 Å². The van der Waals surface area contributed by atoms with Crippen LogP contribution in [0.25, 0.3) is 0 Å². The van der Waals surface area contributed by atoms with E-state index in [0.717, 1.165) is 0 Å². The third-order valence-electron chi connectivity index (χ3n) is 2.70. The summed E-state index contributed by atoms with van der Waals surface area (Å²) >= 11 is 0. The van der Waals surface area contributed by atoms with Crippen LogP contribution in [0.3, 0.4) is 0 Å². The van der Waals surface area contributed by atoms with Gasteiger partial charge in [-0.15, -0.1) is 0 Å². The summed E-state index contributed by atoms with van der Waals surface area (Å²) in [5.41, 5.74) is 0. The average molecular weight is 314 g/mol. The Morgan fingerprint density at radius 1 is 0.591 bits per heavy atom. The van der Waals surface area contributed by atoms with Gasteiger partial charge < -0.3 is 21.3 Å². The van der Waals surface area contributed by atoms with E-state index in [0.29, 0.717) is 0 Å². The maximum Gasteiger partial charge on any atom is 0.224 e. The van der Waals surface area contributed by atoms with Gasteiger partial charge in [0.15, 0.2) is 0 Å². The Morgan fingerprint density at radius 2 is 0.864 bits per heavy atom. The normalized spacial score (nSPS) is 13.3. The minimum absolute atomic E-state index is 0.310. The van der Waals surface area contributed by atoms with Crippen molar-refractivity contribution in [2.24, 2.45) is 11.8 Å². The summed E-state index contributed by atoms with van der Waals surface area (Å²) in [7, 11) is 0. The molecule has 0 fully saturated rings. The monoisotopic (exact) mass is 314 g/mol. The van der Waals surface area contributed by atoms with Crippen LogP contribution in [0.15, 0.2) is 0 Å². The van der Waals surface area contributed by atoms with E-state index in [4.69, 9.17) is 0 Å². The Balaban J connectivity index is 5.23. The second-order valence-corrected chi connectivity index (χ2v) is 5.68. The summed E-state index contributed by atoms with van der Waals surface area (Å²) < 4.78 is 0. The zero-order chi connectivity index (χ0) is 17.4. The van der Waals surface area contributed by atoms with Crippen LogP contribution in [-0.2, 0) is 19.2 Å². The second-order valence-electron chi connectivity index (χ2n) is 5.68. The third kappa shape index (κ3) is 7.61. The van der Waals surface area contributed by atoms with Crippen LogP contribution in [0, 0.1) is 11.8 Å². The van der Waals surface area contributed by atoms with Crippen molar-refractivity contribution in [3.63, 3.8) is 0 Å². The predicted molar refractivity (Wildman–Crippen MR) is 81.2 cm³/mol. The first-order valence-corrected chi connectivity index (χ1v) is 7.19. The van der Waals surface area contributed by atoms with Crippen LogP contribution < -0.4 is 21.3 Å². The van der Waals surface area contributed by atoms with E-state index in [9.17, 15) is 19.2 Å². The second kappa shape index (κ2) is 9.01. The van der Waals surface area contributed by atoms with Gasteiger partial charge in [-0.2, -0.15) is 0 Å². The highest BCUT2D eigenvalue weighted by atomic mass is 16.2. The summed E-state index contributed by atoms with van der Waals surface area (Å²) in [6, 6.07) is 0. The van der Waals surface area contributed by atoms with Gasteiger partial charge in [-0.25, -0.2) is 0 Å². The Bertz CT molecular complexity index is 395. The van der Waals surface area contributed by atoms with Gasteiger partial charge in [0.1, 0.15) is 12.3 Å². The van der Waals surface area contributed by atoms with E-state index in [-0.39, 0.29) is 23.7 Å². The van der Waals surface area contributed by atoms with Crippen molar-refractivity contribution in [1.29, 1.82) is 0 Å². The Kier molecular flexibility index (Phi) is 8.14. The lowest BCUT2D eigenvalue weighted by molar-refractivity contribution is -0.131. The molecule has 4 N–H and O–H groups in total. The largest absolute Gasteiger partial charge is 0.333 e. The molecule has 2 unspecified atom stereocenters. The number of nitrogens with one attached hydrogen (secondary N) is 4. The smallest absolute Gasteiger partial charge is 0.224 e. The molecule has 0 saturated heterocycles. The van der Waals surface area contributed by atoms with Crippen molar-refractivity contribution >= 4 is 23.6 Å². The van der Waals surface area contributed by atoms with Crippen molar-refractivity contribution in [3.8, 4) is 0 Å². The molecular formula is C14H26N4O4. The minimum atomic E-state index is -0.945. The number of carbonyl (C=O) groups is 4. The summed E-state index contributed by atoms with van der Waals surface area (Å²) in [6.07, 6.45) is -1.89. The fourth-order valence-electron chi connectivity index (χ4n) is 1.48. The van der Waals surface area contributed by atoms with Crippen LogP contribution in [0.4, 0.5) is 0 Å². The minimum Gasteiger partial charge on any atom is -0.333 e. The fraction of sp³-hybridized carbons (Fsp3) is 0.714. The molecule has 0 aromatic heterocycles. The molecule has 4 amide bonds. The van der Waals surface area contributed by atoms with Crippen molar-refractivity contribution in [2.75, 3.05) is 0 Å². The van der Waals surface area contributed by atoms with Gasteiger partial charge in [0, 0.05) is 25.7 Å². The number of amides is 4. The number of hydrogen-bond acceptors (Lipinski definition) is 4. The van der Waals surface area contributed by atoms with Gasteiger partial charge in [0.25, 0.3) is 0 Å². The van der Waals surface area contributed by atoms with Gasteiger partial charge >= 0.3 is 0 Å². The molecule has 2 atom stereocenters. The molecule has 0 aromatic carbocycles. The Hall–Kier alpha value is -2.12. The van der Waals surface area contributed by atoms with Crippen LogP contribution >= 0.6 is 0 Å². The quantitative estimate of drug-likeness (QED) is 0.472. The van der Waals surface area contributed by atoms with Gasteiger partial charge in [0.05, 0.1) is 0 Å². The van der Waals surface area contributed by atoms with Crippen LogP contribution in [0.5, 0.6) is 0 Å². The fourth-order valence-corrected chi connectivity index (χ4v) is 1.48. The van der Waals surface area contributed by atoms with Gasteiger partial charge in [-0.1, -0.05) is 27.7 Å². The lowest BCUT2D eigenvalue weighted by Crippen LogP contribution is -2.66. The lowest BCUT2D eigenvalue weighted by atomic mass is 10.2. The molecule has 126 valence electrons. The number of hydrogen-bond donors (Lipinski definition) is 4. The van der Waals surface area contributed by atoms with Gasteiger partial charge in [-0.3, -0.25) is 19.2 Å². The molecule has 8 heteroatoms. The van der Waals surface area contributed by atoms with E-state index >= 15 is 0 Å². The topological polar surface area (TPSA) is 116 Å². The van der Waals surface area contributed by atoms with E-state index < -0.39 is 24.1 Å². The van der Waals surface area contributed by atoms with Crippen LogP contribution in [0.2, 0.25) is 0 Å². The number of carbonyl (C=O) groups excluding carboxylic acids is 4. The molecule has 0 aliphatic carbocycles. The molecule has 0 bridgehead atoms. The van der Waals surface area contributed by atoms with Crippen molar-refractivity contribution in [3.05, 3.63) is 0 Å². The highest BCUT2D eigenvalue weighted by Crippen LogP contribution is 1.98. The molecule has 0 spiro atoms.